The van der Waals surface area contributed by atoms with Crippen LogP contribution in [-0.2, 0) is 9.53 Å². The predicted molar refractivity (Wildman–Crippen MR) is 52.2 cm³/mol. The van der Waals surface area contributed by atoms with Gasteiger partial charge in [0.2, 0.25) is 5.83 Å². The van der Waals surface area contributed by atoms with E-state index in [-0.39, 0.29) is 12.2 Å². The van der Waals surface area contributed by atoms with Crippen LogP contribution in [0, 0.1) is 5.82 Å². The van der Waals surface area contributed by atoms with Crippen molar-refractivity contribution < 1.29 is 22.7 Å². The van der Waals surface area contributed by atoms with E-state index in [2.05, 4.69) is 4.74 Å². The maximum absolute atomic E-state index is 13.3. The van der Waals surface area contributed by atoms with Crippen LogP contribution in [0.1, 0.15) is 12.5 Å². The Labute approximate surface area is 90.3 Å². The Balaban J connectivity index is 2.99. The number of hydrogen-bond acceptors (Lipinski definition) is 2. The SMILES string of the molecule is CCOC(=O)C(F)=C(F)c1ccc(F)cc1. The average Bonchev–Trinajstić information content (AvgIpc) is 2.28. The summed E-state index contributed by atoms with van der Waals surface area (Å²) < 4.78 is 43.2. The Bertz CT molecular complexity index is 410. The molecule has 0 N–H and O–H groups in total. The third-order valence-electron chi connectivity index (χ3n) is 1.75. The first-order chi connectivity index (χ1) is 7.56. The zero-order valence-corrected chi connectivity index (χ0v) is 8.47. The molecule has 0 saturated heterocycles. The van der Waals surface area contributed by atoms with Crippen molar-refractivity contribution in [3.63, 3.8) is 0 Å². The van der Waals surface area contributed by atoms with Crippen LogP contribution in [-0.4, -0.2) is 12.6 Å². The summed E-state index contributed by atoms with van der Waals surface area (Å²) >= 11 is 0. The van der Waals surface area contributed by atoms with Gasteiger partial charge >= 0.3 is 5.97 Å². The second-order valence-corrected chi connectivity index (χ2v) is 2.86. The standard InChI is InChI=1S/C11H9F3O2/c1-2-16-11(15)10(14)9(13)7-3-5-8(12)6-4-7/h3-6H,2H2,1H3. The molecule has 0 spiro atoms. The van der Waals surface area contributed by atoms with Crippen LogP contribution in [0.5, 0.6) is 0 Å². The van der Waals surface area contributed by atoms with Gasteiger partial charge in [0, 0.05) is 5.56 Å². The summed E-state index contributed by atoms with van der Waals surface area (Å²) in [6, 6.07) is 3.99. The minimum Gasteiger partial charge on any atom is -0.461 e. The minimum absolute atomic E-state index is 0.0526. The highest BCUT2D eigenvalue weighted by atomic mass is 19.2. The fourth-order valence-corrected chi connectivity index (χ4v) is 1.01. The molecule has 1 rings (SSSR count). The second kappa shape index (κ2) is 5.34. The van der Waals surface area contributed by atoms with Gasteiger partial charge in [0.1, 0.15) is 5.82 Å². The van der Waals surface area contributed by atoms with Gasteiger partial charge in [-0.25, -0.2) is 13.6 Å². The Kier molecular flexibility index (Phi) is 4.10. The highest BCUT2D eigenvalue weighted by Gasteiger charge is 2.18. The third kappa shape index (κ3) is 2.85. The van der Waals surface area contributed by atoms with Crippen LogP contribution in [0.4, 0.5) is 13.2 Å². The molecule has 0 aliphatic heterocycles. The van der Waals surface area contributed by atoms with E-state index in [0.29, 0.717) is 0 Å². The lowest BCUT2D eigenvalue weighted by Crippen LogP contribution is -2.05. The zero-order chi connectivity index (χ0) is 12.1. The molecule has 0 aromatic heterocycles. The number of carbonyl (C=O) groups excluding carboxylic acids is 1. The molecule has 0 aliphatic rings. The van der Waals surface area contributed by atoms with Crippen molar-refractivity contribution in [2.75, 3.05) is 6.61 Å². The van der Waals surface area contributed by atoms with Crippen LogP contribution in [0.25, 0.3) is 5.83 Å². The lowest BCUT2D eigenvalue weighted by atomic mass is 10.2. The fraction of sp³-hybridized carbons (Fsp3) is 0.182. The van der Waals surface area contributed by atoms with Crippen molar-refractivity contribution in [2.24, 2.45) is 0 Å². The quantitative estimate of drug-likeness (QED) is 0.589. The third-order valence-corrected chi connectivity index (χ3v) is 1.75. The molecule has 0 heterocycles. The molecular formula is C11H9F3O2. The first-order valence-electron chi connectivity index (χ1n) is 4.54. The first kappa shape index (κ1) is 12.3. The summed E-state index contributed by atoms with van der Waals surface area (Å²) in [6.45, 7) is 1.42. The van der Waals surface area contributed by atoms with E-state index in [9.17, 15) is 18.0 Å². The summed E-state index contributed by atoms with van der Waals surface area (Å²) in [5.74, 6) is -4.93. The molecule has 0 fully saturated rings. The van der Waals surface area contributed by atoms with E-state index in [4.69, 9.17) is 0 Å². The lowest BCUT2D eigenvalue weighted by Gasteiger charge is -2.01. The van der Waals surface area contributed by atoms with Gasteiger partial charge in [0.25, 0.3) is 0 Å². The summed E-state index contributed by atoms with van der Waals surface area (Å²) in [4.78, 5) is 10.9. The summed E-state index contributed by atoms with van der Waals surface area (Å²) in [5, 5.41) is 0. The zero-order valence-electron chi connectivity index (χ0n) is 8.47. The van der Waals surface area contributed by atoms with Crippen molar-refractivity contribution in [1.82, 2.24) is 0 Å². The highest BCUT2D eigenvalue weighted by Crippen LogP contribution is 2.22. The van der Waals surface area contributed by atoms with Gasteiger partial charge in [-0.15, -0.1) is 0 Å². The number of ether oxygens (including phenoxy) is 1. The van der Waals surface area contributed by atoms with Gasteiger partial charge in [0.15, 0.2) is 5.83 Å². The van der Waals surface area contributed by atoms with Crippen LogP contribution in [0.15, 0.2) is 30.1 Å². The highest BCUT2D eigenvalue weighted by molar-refractivity contribution is 5.93. The van der Waals surface area contributed by atoms with Crippen LogP contribution in [0.3, 0.4) is 0 Å². The molecule has 1 aromatic carbocycles. The van der Waals surface area contributed by atoms with E-state index in [0.717, 1.165) is 24.3 Å². The molecule has 0 saturated carbocycles. The molecule has 0 unspecified atom stereocenters. The summed E-state index contributed by atoms with van der Waals surface area (Å²) in [7, 11) is 0. The number of halogens is 3. The molecule has 16 heavy (non-hydrogen) atoms. The molecule has 5 heteroatoms. The van der Waals surface area contributed by atoms with E-state index in [1.807, 2.05) is 0 Å². The minimum atomic E-state index is -1.62. The van der Waals surface area contributed by atoms with Crippen molar-refractivity contribution in [3.05, 3.63) is 41.5 Å². The molecule has 0 atom stereocenters. The van der Waals surface area contributed by atoms with E-state index < -0.39 is 23.4 Å². The molecule has 2 nitrogen and oxygen atoms in total. The van der Waals surface area contributed by atoms with Crippen molar-refractivity contribution in [3.8, 4) is 0 Å². The smallest absolute Gasteiger partial charge is 0.370 e. The normalized spacial score (nSPS) is 12.0. The van der Waals surface area contributed by atoms with Gasteiger partial charge in [-0.05, 0) is 31.2 Å². The van der Waals surface area contributed by atoms with Crippen LogP contribution < -0.4 is 0 Å². The molecular weight excluding hydrogens is 221 g/mol. The number of carbonyl (C=O) groups is 1. The molecule has 0 radical (unpaired) electrons. The van der Waals surface area contributed by atoms with Crippen LogP contribution in [0.2, 0.25) is 0 Å². The number of esters is 1. The Hall–Kier alpha value is -1.78. The Morgan fingerprint density at radius 3 is 2.31 bits per heavy atom. The first-order valence-corrected chi connectivity index (χ1v) is 4.54. The predicted octanol–water partition coefficient (Wildman–Crippen LogP) is 3.00. The van der Waals surface area contributed by atoms with Crippen molar-refractivity contribution in [1.29, 1.82) is 0 Å². The molecule has 0 bridgehead atoms. The topological polar surface area (TPSA) is 26.3 Å². The molecule has 86 valence electrons. The van der Waals surface area contributed by atoms with Gasteiger partial charge in [-0.2, -0.15) is 4.39 Å². The second-order valence-electron chi connectivity index (χ2n) is 2.86. The Morgan fingerprint density at radius 1 is 1.25 bits per heavy atom. The van der Waals surface area contributed by atoms with Crippen molar-refractivity contribution in [2.45, 2.75) is 6.92 Å². The number of rotatable bonds is 3. The van der Waals surface area contributed by atoms with Crippen LogP contribution >= 0.6 is 0 Å². The largest absolute Gasteiger partial charge is 0.461 e. The summed E-state index contributed by atoms with van der Waals surface area (Å²) in [6.07, 6.45) is 0. The fourth-order valence-electron chi connectivity index (χ4n) is 1.01. The van der Waals surface area contributed by atoms with Gasteiger partial charge in [0.05, 0.1) is 6.61 Å². The van der Waals surface area contributed by atoms with Gasteiger partial charge < -0.3 is 4.74 Å². The average molecular weight is 230 g/mol. The monoisotopic (exact) mass is 230 g/mol. The Morgan fingerprint density at radius 2 is 1.81 bits per heavy atom. The van der Waals surface area contributed by atoms with E-state index in [1.165, 1.54) is 6.92 Å². The maximum atomic E-state index is 13.3. The summed E-state index contributed by atoms with van der Waals surface area (Å²) in [5.41, 5.74) is -0.216. The van der Waals surface area contributed by atoms with Gasteiger partial charge in [-0.1, -0.05) is 0 Å². The van der Waals surface area contributed by atoms with Gasteiger partial charge in [-0.3, -0.25) is 0 Å². The van der Waals surface area contributed by atoms with E-state index >= 15 is 0 Å². The maximum Gasteiger partial charge on any atom is 0.370 e. The lowest BCUT2D eigenvalue weighted by molar-refractivity contribution is -0.140. The number of hydrogen-bond donors (Lipinski definition) is 0. The van der Waals surface area contributed by atoms with E-state index in [1.54, 1.807) is 0 Å². The molecule has 0 aliphatic carbocycles. The molecule has 0 amide bonds. The molecule has 1 aromatic rings. The number of benzene rings is 1. The van der Waals surface area contributed by atoms with Crippen molar-refractivity contribution >= 4 is 11.8 Å².